The maximum absolute atomic E-state index is 13.4. The molecule has 0 bridgehead atoms. The minimum Gasteiger partial charge on any atom is -0.382 e. The molecule has 1 aromatic heterocycles. The Morgan fingerprint density at radius 2 is 1.74 bits per heavy atom. The zero-order valence-corrected chi connectivity index (χ0v) is 21.7. The highest BCUT2D eigenvalue weighted by molar-refractivity contribution is 9.10. The molecule has 0 aliphatic rings. The van der Waals surface area contributed by atoms with E-state index in [9.17, 15) is 9.59 Å². The quantitative estimate of drug-likeness (QED) is 0.285. The van der Waals surface area contributed by atoms with Crippen LogP contribution in [0.5, 0.6) is 0 Å². The van der Waals surface area contributed by atoms with Gasteiger partial charge < -0.3 is 19.9 Å². The van der Waals surface area contributed by atoms with Gasteiger partial charge in [-0.1, -0.05) is 52.3 Å². The number of halogens is 1. The number of amides is 3. The normalized spacial score (nSPS) is 10.6. The van der Waals surface area contributed by atoms with E-state index in [4.69, 9.17) is 4.74 Å². The summed E-state index contributed by atoms with van der Waals surface area (Å²) in [6, 6.07) is 21.0. The van der Waals surface area contributed by atoms with Crippen LogP contribution in [0, 0.1) is 0 Å². The summed E-state index contributed by atoms with van der Waals surface area (Å²) in [6.07, 6.45) is 0.651. The van der Waals surface area contributed by atoms with Crippen molar-refractivity contribution < 1.29 is 14.3 Å². The average molecular weight is 545 g/mol. The Morgan fingerprint density at radius 3 is 2.41 bits per heavy atom. The van der Waals surface area contributed by atoms with Crippen LogP contribution in [0.3, 0.4) is 0 Å². The van der Waals surface area contributed by atoms with Crippen LogP contribution >= 0.6 is 27.3 Å². The monoisotopic (exact) mass is 543 g/mol. The molecule has 0 aliphatic heterocycles. The molecule has 0 spiro atoms. The van der Waals surface area contributed by atoms with Crippen LogP contribution < -0.4 is 5.32 Å². The fourth-order valence-electron chi connectivity index (χ4n) is 3.38. The van der Waals surface area contributed by atoms with Crippen LogP contribution in [-0.2, 0) is 22.6 Å². The second kappa shape index (κ2) is 13.9. The van der Waals surface area contributed by atoms with Gasteiger partial charge in [-0.25, -0.2) is 4.79 Å². The van der Waals surface area contributed by atoms with Crippen molar-refractivity contribution in [3.8, 4) is 0 Å². The summed E-state index contributed by atoms with van der Waals surface area (Å²) in [5, 5.41) is 4.91. The molecule has 3 amide bonds. The maximum Gasteiger partial charge on any atom is 0.322 e. The Labute approximate surface area is 213 Å². The first kappa shape index (κ1) is 25.9. The molecule has 8 heteroatoms. The van der Waals surface area contributed by atoms with Crippen molar-refractivity contribution >= 4 is 44.9 Å². The number of benzene rings is 2. The fourth-order valence-corrected chi connectivity index (χ4v) is 4.36. The molecule has 3 rings (SSSR count). The molecule has 0 radical (unpaired) electrons. The first-order valence-electron chi connectivity index (χ1n) is 11.3. The SMILES string of the molecule is CCOCCCN(CC(=O)N(Cc1ccccc1)Cc1cccs1)C(=O)Nc1ccc(Br)cc1. The van der Waals surface area contributed by atoms with E-state index >= 15 is 0 Å². The predicted octanol–water partition coefficient (Wildman–Crippen LogP) is 6.00. The highest BCUT2D eigenvalue weighted by Crippen LogP contribution is 2.17. The molecule has 0 unspecified atom stereocenters. The summed E-state index contributed by atoms with van der Waals surface area (Å²) >= 11 is 5.02. The number of carbonyl (C=O) groups is 2. The summed E-state index contributed by atoms with van der Waals surface area (Å²) in [6.45, 7) is 4.50. The van der Waals surface area contributed by atoms with Gasteiger partial charge in [-0.3, -0.25) is 4.79 Å². The van der Waals surface area contributed by atoms with E-state index in [2.05, 4.69) is 21.2 Å². The third-order valence-electron chi connectivity index (χ3n) is 5.13. The Kier molecular flexibility index (Phi) is 10.6. The molecule has 0 saturated carbocycles. The third-order valence-corrected chi connectivity index (χ3v) is 6.52. The Morgan fingerprint density at radius 1 is 0.971 bits per heavy atom. The summed E-state index contributed by atoms with van der Waals surface area (Å²) in [5.41, 5.74) is 1.73. The maximum atomic E-state index is 13.4. The molecule has 2 aromatic carbocycles. The topological polar surface area (TPSA) is 61.9 Å². The van der Waals surface area contributed by atoms with Crippen molar-refractivity contribution in [1.82, 2.24) is 9.80 Å². The van der Waals surface area contributed by atoms with Crippen LogP contribution in [-0.4, -0.2) is 48.0 Å². The van der Waals surface area contributed by atoms with Crippen molar-refractivity contribution in [2.45, 2.75) is 26.4 Å². The van der Waals surface area contributed by atoms with E-state index in [0.29, 0.717) is 45.0 Å². The molecule has 1 heterocycles. The largest absolute Gasteiger partial charge is 0.382 e. The second-order valence-corrected chi connectivity index (χ2v) is 9.67. The zero-order chi connectivity index (χ0) is 24.2. The van der Waals surface area contributed by atoms with Crippen LogP contribution in [0.25, 0.3) is 0 Å². The smallest absolute Gasteiger partial charge is 0.322 e. The van der Waals surface area contributed by atoms with Gasteiger partial charge >= 0.3 is 6.03 Å². The number of nitrogens with zero attached hydrogens (tertiary/aromatic N) is 2. The number of anilines is 1. The highest BCUT2D eigenvalue weighted by atomic mass is 79.9. The zero-order valence-electron chi connectivity index (χ0n) is 19.3. The average Bonchev–Trinajstić information content (AvgIpc) is 3.36. The predicted molar refractivity (Wildman–Crippen MR) is 141 cm³/mol. The number of urea groups is 1. The molecule has 0 saturated heterocycles. The molecule has 6 nitrogen and oxygen atoms in total. The fraction of sp³-hybridized carbons (Fsp3) is 0.308. The molecular formula is C26H30BrN3O3S. The van der Waals surface area contributed by atoms with Gasteiger partial charge in [0.15, 0.2) is 0 Å². The lowest BCUT2D eigenvalue weighted by Gasteiger charge is -2.28. The lowest BCUT2D eigenvalue weighted by atomic mass is 10.2. The minimum absolute atomic E-state index is 0.00725. The molecule has 0 fully saturated rings. The molecule has 0 aliphatic carbocycles. The van der Waals surface area contributed by atoms with Crippen molar-refractivity contribution in [1.29, 1.82) is 0 Å². The van der Waals surface area contributed by atoms with E-state index in [-0.39, 0.29) is 18.5 Å². The van der Waals surface area contributed by atoms with Crippen LogP contribution in [0.2, 0.25) is 0 Å². The molecule has 3 aromatic rings. The summed E-state index contributed by atoms with van der Waals surface area (Å²) in [5.74, 6) is -0.0976. The molecule has 1 N–H and O–H groups in total. The molecule has 0 atom stereocenters. The van der Waals surface area contributed by atoms with E-state index < -0.39 is 0 Å². The third kappa shape index (κ3) is 8.59. The van der Waals surface area contributed by atoms with Crippen molar-refractivity contribution in [2.24, 2.45) is 0 Å². The second-order valence-electron chi connectivity index (χ2n) is 7.72. The number of nitrogens with one attached hydrogen (secondary N) is 1. The summed E-state index contributed by atoms with van der Waals surface area (Å²) < 4.78 is 6.37. The van der Waals surface area contributed by atoms with Crippen molar-refractivity contribution in [3.63, 3.8) is 0 Å². The Balaban J connectivity index is 1.72. The van der Waals surface area contributed by atoms with E-state index in [1.165, 1.54) is 0 Å². The number of thiophene rings is 1. The lowest BCUT2D eigenvalue weighted by molar-refractivity contribution is -0.133. The minimum atomic E-state index is -0.303. The van der Waals surface area contributed by atoms with Gasteiger partial charge in [-0.2, -0.15) is 0 Å². The van der Waals surface area contributed by atoms with Gasteiger partial charge in [-0.15, -0.1) is 11.3 Å². The standard InChI is InChI=1S/C26H30BrN3O3S/c1-2-33-16-7-15-29(26(32)28-23-13-11-22(27)12-14-23)20-25(31)30(19-24-10-6-17-34-24)18-21-8-4-3-5-9-21/h3-6,8-14,17H,2,7,15-16,18-20H2,1H3,(H,28,32). The van der Waals surface area contributed by atoms with Crippen LogP contribution in [0.4, 0.5) is 10.5 Å². The van der Waals surface area contributed by atoms with Crippen LogP contribution in [0.15, 0.2) is 76.6 Å². The van der Waals surface area contributed by atoms with E-state index in [1.807, 2.05) is 83.9 Å². The Hall–Kier alpha value is -2.68. The number of ether oxygens (including phenoxy) is 1. The van der Waals surface area contributed by atoms with Gasteiger partial charge in [0.25, 0.3) is 0 Å². The van der Waals surface area contributed by atoms with Gasteiger partial charge in [-0.05, 0) is 54.6 Å². The van der Waals surface area contributed by atoms with Crippen molar-refractivity contribution in [2.75, 3.05) is 31.6 Å². The molecule has 34 heavy (non-hydrogen) atoms. The number of rotatable bonds is 12. The summed E-state index contributed by atoms with van der Waals surface area (Å²) in [7, 11) is 0. The van der Waals surface area contributed by atoms with Gasteiger partial charge in [0.1, 0.15) is 6.54 Å². The highest BCUT2D eigenvalue weighted by Gasteiger charge is 2.22. The molecular weight excluding hydrogens is 514 g/mol. The Bertz CT molecular complexity index is 1010. The summed E-state index contributed by atoms with van der Waals surface area (Å²) in [4.78, 5) is 31.0. The van der Waals surface area contributed by atoms with E-state index in [1.54, 1.807) is 16.2 Å². The first-order valence-corrected chi connectivity index (χ1v) is 13.0. The van der Waals surface area contributed by atoms with Gasteiger partial charge in [0.2, 0.25) is 5.91 Å². The first-order chi connectivity index (χ1) is 16.5. The number of hydrogen-bond acceptors (Lipinski definition) is 4. The van der Waals surface area contributed by atoms with Crippen LogP contribution in [0.1, 0.15) is 23.8 Å². The number of hydrogen-bond donors (Lipinski definition) is 1. The molecule has 180 valence electrons. The van der Waals surface area contributed by atoms with Crippen molar-refractivity contribution in [3.05, 3.63) is 87.0 Å². The van der Waals surface area contributed by atoms with E-state index in [0.717, 1.165) is 14.9 Å². The van der Waals surface area contributed by atoms with Gasteiger partial charge in [0, 0.05) is 41.3 Å². The lowest BCUT2D eigenvalue weighted by Crippen LogP contribution is -2.44. The number of carbonyl (C=O) groups excluding carboxylic acids is 2. The van der Waals surface area contributed by atoms with Gasteiger partial charge in [0.05, 0.1) is 6.54 Å².